The Morgan fingerprint density at radius 2 is 1.73 bits per heavy atom. The van der Waals surface area contributed by atoms with Crippen LogP contribution in [0.5, 0.6) is 0 Å². The second-order valence-electron chi connectivity index (χ2n) is 5.82. The smallest absolute Gasteiger partial charge is 0.234 e. The van der Waals surface area contributed by atoms with Crippen LogP contribution in [0.3, 0.4) is 0 Å². The van der Waals surface area contributed by atoms with Crippen LogP contribution in [0, 0.1) is 5.82 Å². The molecule has 22 heavy (non-hydrogen) atoms. The average molecular weight is 307 g/mol. The Balaban J connectivity index is 1.77. The van der Waals surface area contributed by atoms with E-state index in [9.17, 15) is 9.18 Å². The largest absolute Gasteiger partial charge is 0.369 e. The van der Waals surface area contributed by atoms with Crippen LogP contribution in [0.1, 0.15) is 26.7 Å². The Kier molecular flexibility index (Phi) is 6.19. The van der Waals surface area contributed by atoms with E-state index < -0.39 is 0 Å². The number of nitrogens with one attached hydrogen (secondary N) is 1. The van der Waals surface area contributed by atoms with Crippen molar-refractivity contribution in [2.75, 3.05) is 37.6 Å². The molecule has 0 aromatic heterocycles. The van der Waals surface area contributed by atoms with Crippen LogP contribution in [-0.2, 0) is 4.79 Å². The van der Waals surface area contributed by atoms with E-state index in [0.29, 0.717) is 6.54 Å². The van der Waals surface area contributed by atoms with E-state index >= 15 is 0 Å². The summed E-state index contributed by atoms with van der Waals surface area (Å²) in [4.78, 5) is 16.4. The number of piperazine rings is 1. The minimum Gasteiger partial charge on any atom is -0.369 e. The number of carbonyl (C=O) groups is 1. The highest BCUT2D eigenvalue weighted by Crippen LogP contribution is 2.16. The van der Waals surface area contributed by atoms with Crippen molar-refractivity contribution in [3.05, 3.63) is 30.1 Å². The molecular weight excluding hydrogens is 281 g/mol. The predicted octanol–water partition coefficient (Wildman–Crippen LogP) is 2.25. The van der Waals surface area contributed by atoms with Gasteiger partial charge < -0.3 is 10.2 Å². The van der Waals surface area contributed by atoms with Gasteiger partial charge in [-0.3, -0.25) is 9.69 Å². The lowest BCUT2D eigenvalue weighted by atomic mass is 10.2. The molecule has 5 heteroatoms. The number of hydrogen-bond donors (Lipinski definition) is 1. The van der Waals surface area contributed by atoms with Gasteiger partial charge in [-0.15, -0.1) is 0 Å². The average Bonchev–Trinajstić information content (AvgIpc) is 2.54. The number of halogens is 1. The van der Waals surface area contributed by atoms with Gasteiger partial charge in [0, 0.05) is 37.9 Å². The van der Waals surface area contributed by atoms with Crippen molar-refractivity contribution in [1.29, 1.82) is 0 Å². The molecule has 0 spiro atoms. The van der Waals surface area contributed by atoms with Gasteiger partial charge in [-0.2, -0.15) is 0 Å². The van der Waals surface area contributed by atoms with Crippen molar-refractivity contribution in [1.82, 2.24) is 10.2 Å². The zero-order valence-electron chi connectivity index (χ0n) is 13.5. The highest BCUT2D eigenvalue weighted by Gasteiger charge is 2.20. The van der Waals surface area contributed by atoms with E-state index in [4.69, 9.17) is 0 Å². The van der Waals surface area contributed by atoms with Gasteiger partial charge in [0.2, 0.25) is 5.91 Å². The molecule has 1 N–H and O–H groups in total. The molecular formula is C17H26FN3O. The first-order chi connectivity index (χ1) is 10.6. The summed E-state index contributed by atoms with van der Waals surface area (Å²) >= 11 is 0. The van der Waals surface area contributed by atoms with Crippen molar-refractivity contribution in [2.24, 2.45) is 0 Å². The van der Waals surface area contributed by atoms with Crippen LogP contribution in [0.4, 0.5) is 10.1 Å². The molecule has 1 amide bonds. The van der Waals surface area contributed by atoms with E-state index in [-0.39, 0.29) is 17.8 Å². The van der Waals surface area contributed by atoms with Gasteiger partial charge >= 0.3 is 0 Å². The second kappa shape index (κ2) is 8.13. The van der Waals surface area contributed by atoms with Crippen LogP contribution in [0.15, 0.2) is 24.3 Å². The fraction of sp³-hybridized carbons (Fsp3) is 0.588. The molecule has 0 atom stereocenters. The standard InChI is InChI=1S/C17H26FN3O/c1-3-15(4-2)19-17(22)13-20-9-11-21(12-10-20)16-7-5-14(18)6-8-16/h5-8,15H,3-4,9-13H2,1-2H3,(H,19,22). The maximum atomic E-state index is 13.0. The molecule has 0 bridgehead atoms. The first-order valence-corrected chi connectivity index (χ1v) is 8.14. The van der Waals surface area contributed by atoms with Crippen molar-refractivity contribution >= 4 is 11.6 Å². The number of benzene rings is 1. The third-order valence-corrected chi connectivity index (χ3v) is 4.28. The topological polar surface area (TPSA) is 35.6 Å². The minimum atomic E-state index is -0.208. The highest BCUT2D eigenvalue weighted by atomic mass is 19.1. The number of anilines is 1. The molecule has 1 aromatic rings. The summed E-state index contributed by atoms with van der Waals surface area (Å²) in [6.45, 7) is 8.09. The van der Waals surface area contributed by atoms with Crippen LogP contribution in [-0.4, -0.2) is 49.6 Å². The van der Waals surface area contributed by atoms with E-state index in [2.05, 4.69) is 29.0 Å². The first kappa shape index (κ1) is 16.7. The molecule has 4 nitrogen and oxygen atoms in total. The summed E-state index contributed by atoms with van der Waals surface area (Å²) < 4.78 is 13.0. The Morgan fingerprint density at radius 3 is 2.27 bits per heavy atom. The molecule has 0 saturated carbocycles. The quantitative estimate of drug-likeness (QED) is 0.875. The van der Waals surface area contributed by atoms with E-state index in [0.717, 1.165) is 44.7 Å². The summed E-state index contributed by atoms with van der Waals surface area (Å²) in [5.74, 6) is -0.0932. The van der Waals surface area contributed by atoms with Crippen LogP contribution in [0.25, 0.3) is 0 Å². The van der Waals surface area contributed by atoms with Crippen molar-refractivity contribution in [3.63, 3.8) is 0 Å². The van der Waals surface area contributed by atoms with Gasteiger partial charge in [-0.25, -0.2) is 4.39 Å². The zero-order valence-corrected chi connectivity index (χ0v) is 13.5. The van der Waals surface area contributed by atoms with Crippen molar-refractivity contribution < 1.29 is 9.18 Å². The maximum absolute atomic E-state index is 13.0. The van der Waals surface area contributed by atoms with Crippen molar-refractivity contribution in [3.8, 4) is 0 Å². The number of nitrogens with zero attached hydrogens (tertiary/aromatic N) is 2. The van der Waals surface area contributed by atoms with Crippen molar-refractivity contribution in [2.45, 2.75) is 32.7 Å². The summed E-state index contributed by atoms with van der Waals surface area (Å²) in [5.41, 5.74) is 1.04. The summed E-state index contributed by atoms with van der Waals surface area (Å²) in [6.07, 6.45) is 1.95. The van der Waals surface area contributed by atoms with Gasteiger partial charge in [0.05, 0.1) is 6.54 Å². The molecule has 1 fully saturated rings. The summed E-state index contributed by atoms with van der Waals surface area (Å²) in [6, 6.07) is 6.89. The fourth-order valence-corrected chi connectivity index (χ4v) is 2.79. The number of carbonyl (C=O) groups excluding carboxylic acids is 1. The molecule has 0 unspecified atom stereocenters. The molecule has 1 aliphatic rings. The fourth-order valence-electron chi connectivity index (χ4n) is 2.79. The van der Waals surface area contributed by atoms with Crippen LogP contribution >= 0.6 is 0 Å². The SMILES string of the molecule is CCC(CC)NC(=O)CN1CCN(c2ccc(F)cc2)CC1. The minimum absolute atomic E-state index is 0.115. The van der Waals surface area contributed by atoms with E-state index in [1.165, 1.54) is 12.1 Å². The Bertz CT molecular complexity index is 465. The molecule has 2 rings (SSSR count). The number of hydrogen-bond acceptors (Lipinski definition) is 3. The van der Waals surface area contributed by atoms with E-state index in [1.807, 2.05) is 12.1 Å². The molecule has 1 saturated heterocycles. The summed E-state index contributed by atoms with van der Waals surface area (Å²) in [5, 5.41) is 3.08. The number of rotatable bonds is 6. The normalized spacial score (nSPS) is 16.1. The number of amides is 1. The lowest BCUT2D eigenvalue weighted by Gasteiger charge is -2.35. The van der Waals surface area contributed by atoms with Crippen LogP contribution < -0.4 is 10.2 Å². The Labute approximate surface area is 132 Å². The predicted molar refractivity (Wildman–Crippen MR) is 87.6 cm³/mol. The Hall–Kier alpha value is -1.62. The van der Waals surface area contributed by atoms with Gasteiger partial charge in [0.25, 0.3) is 0 Å². The van der Waals surface area contributed by atoms with Gasteiger partial charge in [-0.05, 0) is 37.1 Å². The lowest BCUT2D eigenvalue weighted by molar-refractivity contribution is -0.123. The summed E-state index contributed by atoms with van der Waals surface area (Å²) in [7, 11) is 0. The third-order valence-electron chi connectivity index (χ3n) is 4.28. The van der Waals surface area contributed by atoms with Gasteiger partial charge in [-0.1, -0.05) is 13.8 Å². The monoisotopic (exact) mass is 307 g/mol. The molecule has 0 radical (unpaired) electrons. The third kappa shape index (κ3) is 4.70. The first-order valence-electron chi connectivity index (χ1n) is 8.14. The Morgan fingerprint density at radius 1 is 1.14 bits per heavy atom. The van der Waals surface area contributed by atoms with E-state index in [1.54, 1.807) is 0 Å². The second-order valence-corrected chi connectivity index (χ2v) is 5.82. The molecule has 0 aliphatic carbocycles. The molecule has 1 aliphatic heterocycles. The van der Waals surface area contributed by atoms with Crippen LogP contribution in [0.2, 0.25) is 0 Å². The highest BCUT2D eigenvalue weighted by molar-refractivity contribution is 5.78. The lowest BCUT2D eigenvalue weighted by Crippen LogP contribution is -2.50. The maximum Gasteiger partial charge on any atom is 0.234 e. The molecule has 1 aromatic carbocycles. The van der Waals surface area contributed by atoms with Gasteiger partial charge in [0.15, 0.2) is 0 Å². The molecule has 1 heterocycles. The van der Waals surface area contributed by atoms with Gasteiger partial charge in [0.1, 0.15) is 5.82 Å². The molecule has 122 valence electrons. The zero-order chi connectivity index (χ0) is 15.9.